The molecule has 1 amide bonds. The van der Waals surface area contributed by atoms with Crippen LogP contribution in [0.3, 0.4) is 0 Å². The fourth-order valence-electron chi connectivity index (χ4n) is 2.64. The Balaban J connectivity index is 2.26. The lowest BCUT2D eigenvalue weighted by molar-refractivity contribution is -0.114. The first kappa shape index (κ1) is 20.3. The molecule has 0 unspecified atom stereocenters. The van der Waals surface area contributed by atoms with Gasteiger partial charge in [-0.15, -0.1) is 11.8 Å². The van der Waals surface area contributed by atoms with E-state index in [1.165, 1.54) is 0 Å². The second kappa shape index (κ2) is 8.60. The van der Waals surface area contributed by atoms with Crippen LogP contribution < -0.4 is 9.62 Å². The van der Waals surface area contributed by atoms with E-state index in [1.807, 2.05) is 57.2 Å². The van der Waals surface area contributed by atoms with Crippen molar-refractivity contribution >= 4 is 39.1 Å². The molecule has 26 heavy (non-hydrogen) atoms. The van der Waals surface area contributed by atoms with Gasteiger partial charge in [-0.25, -0.2) is 8.42 Å². The number of hydrogen-bond acceptors (Lipinski definition) is 4. The Morgan fingerprint density at radius 3 is 2.46 bits per heavy atom. The number of rotatable bonds is 7. The number of nitrogens with one attached hydrogen (secondary N) is 1. The van der Waals surface area contributed by atoms with Gasteiger partial charge in [0, 0.05) is 4.90 Å². The molecule has 0 aromatic heterocycles. The molecule has 7 heteroatoms. The summed E-state index contributed by atoms with van der Waals surface area (Å²) in [6.45, 7) is 5.55. The SMILES string of the molecule is CCSc1ccccc1NC(=O)CN(c1ccc(C)cc1C)S(C)(=O)=O. The van der Waals surface area contributed by atoms with Crippen LogP contribution >= 0.6 is 11.8 Å². The van der Waals surface area contributed by atoms with Crippen molar-refractivity contribution in [3.63, 3.8) is 0 Å². The zero-order chi connectivity index (χ0) is 19.3. The number of hydrogen-bond donors (Lipinski definition) is 1. The molecule has 2 rings (SSSR count). The zero-order valence-electron chi connectivity index (χ0n) is 15.4. The largest absolute Gasteiger partial charge is 0.323 e. The smallest absolute Gasteiger partial charge is 0.245 e. The van der Waals surface area contributed by atoms with Gasteiger partial charge in [0.15, 0.2) is 0 Å². The predicted octanol–water partition coefficient (Wildman–Crippen LogP) is 3.82. The van der Waals surface area contributed by atoms with Gasteiger partial charge in [-0.1, -0.05) is 36.8 Å². The normalized spacial score (nSPS) is 11.2. The number of anilines is 2. The van der Waals surface area contributed by atoms with Crippen molar-refractivity contribution < 1.29 is 13.2 Å². The second-order valence-electron chi connectivity index (χ2n) is 6.04. The molecule has 0 aliphatic rings. The van der Waals surface area contributed by atoms with Crippen molar-refractivity contribution in [1.29, 1.82) is 0 Å². The lowest BCUT2D eigenvalue weighted by Crippen LogP contribution is -2.38. The third kappa shape index (κ3) is 5.25. The van der Waals surface area contributed by atoms with Crippen LogP contribution in [0.4, 0.5) is 11.4 Å². The monoisotopic (exact) mass is 392 g/mol. The standard InChI is InChI=1S/C19H24N2O3S2/c1-5-25-18-9-7-6-8-16(18)20-19(22)13-21(26(4,23)24)17-11-10-14(2)12-15(17)3/h6-12H,5,13H2,1-4H3,(H,20,22). The van der Waals surface area contributed by atoms with E-state index in [0.29, 0.717) is 11.4 Å². The minimum absolute atomic E-state index is 0.270. The van der Waals surface area contributed by atoms with E-state index in [-0.39, 0.29) is 12.5 Å². The van der Waals surface area contributed by atoms with Crippen LogP contribution in [0.15, 0.2) is 47.4 Å². The molecule has 0 atom stereocenters. The number of benzene rings is 2. The van der Waals surface area contributed by atoms with Gasteiger partial charge in [0.1, 0.15) is 6.54 Å². The molecule has 0 saturated carbocycles. The molecule has 0 fully saturated rings. The molecule has 2 aromatic carbocycles. The van der Waals surface area contributed by atoms with Crippen molar-refractivity contribution in [1.82, 2.24) is 0 Å². The minimum atomic E-state index is -3.59. The van der Waals surface area contributed by atoms with E-state index in [4.69, 9.17) is 0 Å². The number of para-hydroxylation sites is 1. The van der Waals surface area contributed by atoms with Gasteiger partial charge in [0.05, 0.1) is 17.6 Å². The van der Waals surface area contributed by atoms with E-state index >= 15 is 0 Å². The summed E-state index contributed by atoms with van der Waals surface area (Å²) in [6.07, 6.45) is 1.11. The minimum Gasteiger partial charge on any atom is -0.323 e. The fourth-order valence-corrected chi connectivity index (χ4v) is 4.31. The van der Waals surface area contributed by atoms with E-state index < -0.39 is 10.0 Å². The molecular weight excluding hydrogens is 368 g/mol. The average molecular weight is 393 g/mol. The number of aryl methyl sites for hydroxylation is 2. The summed E-state index contributed by atoms with van der Waals surface area (Å²) in [5.41, 5.74) is 3.06. The van der Waals surface area contributed by atoms with Crippen LogP contribution in [0.1, 0.15) is 18.1 Å². The zero-order valence-corrected chi connectivity index (χ0v) is 17.1. The van der Waals surface area contributed by atoms with Crippen molar-refractivity contribution in [3.05, 3.63) is 53.6 Å². The van der Waals surface area contributed by atoms with Gasteiger partial charge in [0.2, 0.25) is 15.9 Å². The van der Waals surface area contributed by atoms with Gasteiger partial charge >= 0.3 is 0 Å². The quantitative estimate of drug-likeness (QED) is 0.728. The molecule has 0 radical (unpaired) electrons. The average Bonchev–Trinajstić information content (AvgIpc) is 2.54. The molecule has 5 nitrogen and oxygen atoms in total. The summed E-state index contributed by atoms with van der Waals surface area (Å²) >= 11 is 1.62. The molecule has 0 saturated heterocycles. The van der Waals surface area contributed by atoms with Gasteiger partial charge in [-0.3, -0.25) is 9.10 Å². The molecule has 2 aromatic rings. The van der Waals surface area contributed by atoms with Gasteiger partial charge in [0.25, 0.3) is 0 Å². The topological polar surface area (TPSA) is 66.5 Å². The number of thioether (sulfide) groups is 1. The Labute approximate surface area is 159 Å². The highest BCUT2D eigenvalue weighted by molar-refractivity contribution is 7.99. The summed E-state index contributed by atoms with van der Waals surface area (Å²) in [5, 5.41) is 2.83. The van der Waals surface area contributed by atoms with Crippen LogP contribution in [0, 0.1) is 13.8 Å². The maximum Gasteiger partial charge on any atom is 0.245 e. The highest BCUT2D eigenvalue weighted by Crippen LogP contribution is 2.27. The van der Waals surface area contributed by atoms with Crippen molar-refractivity contribution in [2.24, 2.45) is 0 Å². The number of sulfonamides is 1. The number of carbonyl (C=O) groups excluding carboxylic acids is 1. The molecule has 140 valence electrons. The first-order valence-electron chi connectivity index (χ1n) is 8.29. The van der Waals surface area contributed by atoms with Crippen LogP contribution in [0.5, 0.6) is 0 Å². The first-order valence-corrected chi connectivity index (χ1v) is 11.1. The third-order valence-corrected chi connectivity index (χ3v) is 5.85. The molecular formula is C19H24N2O3S2. The number of amides is 1. The van der Waals surface area contributed by atoms with Gasteiger partial charge < -0.3 is 5.32 Å². The highest BCUT2D eigenvalue weighted by Gasteiger charge is 2.22. The Morgan fingerprint density at radius 2 is 1.85 bits per heavy atom. The van der Waals surface area contributed by atoms with Crippen LogP contribution in [0.25, 0.3) is 0 Å². The number of nitrogens with zero attached hydrogens (tertiary/aromatic N) is 1. The van der Waals surface area contributed by atoms with Crippen molar-refractivity contribution in [3.8, 4) is 0 Å². The van der Waals surface area contributed by atoms with Crippen molar-refractivity contribution in [2.75, 3.05) is 28.2 Å². The number of carbonyl (C=O) groups is 1. The summed E-state index contributed by atoms with van der Waals surface area (Å²) in [5.74, 6) is 0.504. The first-order chi connectivity index (χ1) is 12.2. The van der Waals surface area contributed by atoms with Crippen LogP contribution in [-0.2, 0) is 14.8 Å². The maximum absolute atomic E-state index is 12.6. The van der Waals surface area contributed by atoms with Gasteiger partial charge in [-0.05, 0) is 43.4 Å². The Morgan fingerprint density at radius 1 is 1.15 bits per heavy atom. The summed E-state index contributed by atoms with van der Waals surface area (Å²) in [7, 11) is -3.59. The predicted molar refractivity (Wildman–Crippen MR) is 110 cm³/mol. The van der Waals surface area contributed by atoms with E-state index in [0.717, 1.165) is 32.3 Å². The van der Waals surface area contributed by atoms with Crippen molar-refractivity contribution in [2.45, 2.75) is 25.7 Å². The maximum atomic E-state index is 12.6. The second-order valence-corrected chi connectivity index (χ2v) is 9.25. The van der Waals surface area contributed by atoms with E-state index in [1.54, 1.807) is 17.8 Å². The van der Waals surface area contributed by atoms with Crippen LogP contribution in [-0.4, -0.2) is 32.9 Å². The Bertz CT molecular complexity index is 895. The van der Waals surface area contributed by atoms with Crippen LogP contribution in [0.2, 0.25) is 0 Å². The molecule has 1 N–H and O–H groups in total. The fraction of sp³-hybridized carbons (Fsp3) is 0.316. The van der Waals surface area contributed by atoms with Gasteiger partial charge in [-0.2, -0.15) is 0 Å². The van der Waals surface area contributed by atoms with E-state index in [9.17, 15) is 13.2 Å². The van der Waals surface area contributed by atoms with E-state index in [2.05, 4.69) is 5.32 Å². The Hall–Kier alpha value is -1.99. The Kier molecular flexibility index (Phi) is 6.72. The summed E-state index contributed by atoms with van der Waals surface area (Å²) < 4.78 is 25.7. The lowest BCUT2D eigenvalue weighted by Gasteiger charge is -2.24. The molecule has 0 aliphatic heterocycles. The lowest BCUT2D eigenvalue weighted by atomic mass is 10.1. The molecule has 0 aliphatic carbocycles. The third-order valence-electron chi connectivity index (χ3n) is 3.77. The molecule has 0 spiro atoms. The highest BCUT2D eigenvalue weighted by atomic mass is 32.2. The summed E-state index contributed by atoms with van der Waals surface area (Å²) in [4.78, 5) is 13.5. The molecule has 0 heterocycles. The molecule has 0 bridgehead atoms. The summed E-state index contributed by atoms with van der Waals surface area (Å²) in [6, 6.07) is 13.0.